The smallest absolute Gasteiger partial charge is 0.325 e. The van der Waals surface area contributed by atoms with Gasteiger partial charge in [-0.25, -0.2) is 0 Å². The summed E-state index contributed by atoms with van der Waals surface area (Å²) in [5, 5.41) is 16.1. The van der Waals surface area contributed by atoms with Crippen molar-refractivity contribution in [2.24, 2.45) is 0 Å². The summed E-state index contributed by atoms with van der Waals surface area (Å²) in [6.07, 6.45) is 0.918. The lowest BCUT2D eigenvalue weighted by Crippen LogP contribution is -2.38. The highest BCUT2D eigenvalue weighted by Crippen LogP contribution is 2.31. The molecule has 0 spiro atoms. The molecule has 0 saturated heterocycles. The maximum absolute atomic E-state index is 12.7. The minimum atomic E-state index is -1.07. The lowest BCUT2D eigenvalue weighted by molar-refractivity contribution is -0.138. The van der Waals surface area contributed by atoms with Crippen molar-refractivity contribution in [3.63, 3.8) is 0 Å². The van der Waals surface area contributed by atoms with Crippen LogP contribution in [-0.4, -0.2) is 23.0 Å². The van der Waals surface area contributed by atoms with Crippen LogP contribution >= 0.6 is 11.6 Å². The van der Waals surface area contributed by atoms with Crippen molar-refractivity contribution in [3.8, 4) is 11.1 Å². The van der Waals surface area contributed by atoms with Crippen LogP contribution in [0.2, 0.25) is 5.02 Å². The molecule has 0 aliphatic heterocycles. The molecule has 1 amide bonds. The summed E-state index contributed by atoms with van der Waals surface area (Å²) in [5.41, 5.74) is 8.49. The molecule has 0 aliphatic rings. The van der Waals surface area contributed by atoms with Gasteiger partial charge in [0.2, 0.25) is 0 Å². The Labute approximate surface area is 212 Å². The fraction of sp³-hybridized carbons (Fsp3) is 0.310. The van der Waals surface area contributed by atoms with E-state index < -0.39 is 12.0 Å². The average molecular weight is 493 g/mol. The van der Waals surface area contributed by atoms with Crippen LogP contribution in [0.3, 0.4) is 0 Å². The van der Waals surface area contributed by atoms with E-state index in [0.717, 1.165) is 50.5 Å². The van der Waals surface area contributed by atoms with E-state index in [1.54, 1.807) is 0 Å². The first-order chi connectivity index (χ1) is 16.5. The lowest BCUT2D eigenvalue weighted by Gasteiger charge is -2.21. The molecule has 0 heterocycles. The quantitative estimate of drug-likeness (QED) is 0.316. The van der Waals surface area contributed by atoms with E-state index in [0.29, 0.717) is 5.56 Å². The molecule has 0 aromatic heterocycles. The van der Waals surface area contributed by atoms with Gasteiger partial charge in [0.15, 0.2) is 0 Å². The number of hydrogen-bond acceptors (Lipinski definition) is 3. The van der Waals surface area contributed by atoms with E-state index >= 15 is 0 Å². The number of hydrogen-bond donors (Lipinski definition) is 3. The van der Waals surface area contributed by atoms with Crippen molar-refractivity contribution < 1.29 is 14.7 Å². The molecule has 0 saturated carbocycles. The van der Waals surface area contributed by atoms with Crippen LogP contribution in [0.5, 0.6) is 0 Å². The monoisotopic (exact) mass is 492 g/mol. The van der Waals surface area contributed by atoms with E-state index in [-0.39, 0.29) is 11.9 Å². The Morgan fingerprint density at radius 3 is 2.06 bits per heavy atom. The summed E-state index contributed by atoms with van der Waals surface area (Å²) in [6, 6.07) is 15.6. The predicted molar refractivity (Wildman–Crippen MR) is 143 cm³/mol. The number of aliphatic carboxylic acids is 1. The fourth-order valence-electron chi connectivity index (χ4n) is 4.41. The molecule has 2 atom stereocenters. The van der Waals surface area contributed by atoms with E-state index in [2.05, 4.69) is 41.8 Å². The Morgan fingerprint density at radius 1 is 0.914 bits per heavy atom. The largest absolute Gasteiger partial charge is 0.480 e. The van der Waals surface area contributed by atoms with Crippen LogP contribution in [-0.2, 0) is 4.79 Å². The van der Waals surface area contributed by atoms with Crippen molar-refractivity contribution in [1.82, 2.24) is 5.32 Å². The number of carboxylic acids is 1. The SMILES string of the molecule is CC[C@@H](Nc1cccc(-c2cc(C)c(C(=O)NC(C)C(=O)O)c(C)c2)c1)c1cc(C)c(Cl)c(C)c1. The molecule has 3 N–H and O–H groups in total. The van der Waals surface area contributed by atoms with Gasteiger partial charge in [0, 0.05) is 16.3 Å². The molecular weight excluding hydrogens is 460 g/mol. The summed E-state index contributed by atoms with van der Waals surface area (Å²) in [5.74, 6) is -1.44. The Bertz CT molecular complexity index is 1220. The van der Waals surface area contributed by atoms with Crippen molar-refractivity contribution in [3.05, 3.63) is 86.9 Å². The first kappa shape index (κ1) is 26.3. The predicted octanol–water partition coefficient (Wildman–Crippen LogP) is 7.01. The number of carbonyl (C=O) groups is 2. The maximum atomic E-state index is 12.7. The molecule has 3 aromatic rings. The molecule has 0 fully saturated rings. The molecule has 3 rings (SSSR count). The van der Waals surface area contributed by atoms with Crippen LogP contribution in [0.4, 0.5) is 5.69 Å². The van der Waals surface area contributed by atoms with Crippen LogP contribution in [0.15, 0.2) is 48.5 Å². The number of anilines is 1. The summed E-state index contributed by atoms with van der Waals surface area (Å²) in [6.45, 7) is 11.4. The zero-order valence-corrected chi connectivity index (χ0v) is 21.9. The van der Waals surface area contributed by atoms with Gasteiger partial charge in [0.1, 0.15) is 6.04 Å². The van der Waals surface area contributed by atoms with Gasteiger partial charge in [-0.2, -0.15) is 0 Å². The topological polar surface area (TPSA) is 78.4 Å². The molecule has 35 heavy (non-hydrogen) atoms. The van der Waals surface area contributed by atoms with E-state index in [9.17, 15) is 9.59 Å². The highest BCUT2D eigenvalue weighted by molar-refractivity contribution is 6.32. The number of nitrogens with one attached hydrogen (secondary N) is 2. The molecule has 5 nitrogen and oxygen atoms in total. The van der Waals surface area contributed by atoms with Gasteiger partial charge in [-0.3, -0.25) is 9.59 Å². The molecule has 6 heteroatoms. The molecule has 0 radical (unpaired) electrons. The molecule has 0 bridgehead atoms. The van der Waals surface area contributed by atoms with Crippen LogP contribution in [0.25, 0.3) is 11.1 Å². The van der Waals surface area contributed by atoms with Gasteiger partial charge < -0.3 is 15.7 Å². The Hall–Kier alpha value is -3.31. The van der Waals surface area contributed by atoms with E-state index in [1.165, 1.54) is 12.5 Å². The second-order valence-corrected chi connectivity index (χ2v) is 9.55. The van der Waals surface area contributed by atoms with Gasteiger partial charge in [-0.1, -0.05) is 54.9 Å². The number of benzene rings is 3. The zero-order valence-electron chi connectivity index (χ0n) is 21.1. The van der Waals surface area contributed by atoms with Crippen molar-refractivity contribution in [2.75, 3.05) is 5.32 Å². The minimum Gasteiger partial charge on any atom is -0.480 e. The minimum absolute atomic E-state index is 0.144. The Balaban J connectivity index is 1.88. The second kappa shape index (κ2) is 11.0. The number of halogens is 1. The first-order valence-electron chi connectivity index (χ1n) is 11.8. The molecule has 0 aliphatic carbocycles. The van der Waals surface area contributed by atoms with Crippen LogP contribution in [0.1, 0.15) is 64.5 Å². The molecule has 3 aromatic carbocycles. The number of carbonyl (C=O) groups excluding carboxylic acids is 1. The van der Waals surface area contributed by atoms with E-state index in [4.69, 9.17) is 16.7 Å². The highest BCUT2D eigenvalue weighted by atomic mass is 35.5. The van der Waals surface area contributed by atoms with Crippen molar-refractivity contribution in [1.29, 1.82) is 0 Å². The number of rotatable bonds is 8. The van der Waals surface area contributed by atoms with E-state index in [1.807, 2.05) is 52.0 Å². The van der Waals surface area contributed by atoms with Gasteiger partial charge in [0.25, 0.3) is 5.91 Å². The molecule has 184 valence electrons. The maximum Gasteiger partial charge on any atom is 0.325 e. The van der Waals surface area contributed by atoms with Crippen molar-refractivity contribution in [2.45, 2.75) is 60.0 Å². The van der Waals surface area contributed by atoms with Crippen LogP contribution in [0, 0.1) is 27.7 Å². The van der Waals surface area contributed by atoms with Crippen LogP contribution < -0.4 is 10.6 Å². The Kier molecular flexibility index (Phi) is 8.23. The van der Waals surface area contributed by atoms with Gasteiger partial charge in [-0.05, 0) is 92.1 Å². The number of carboxylic acid groups (broad SMARTS) is 1. The number of aryl methyl sites for hydroxylation is 4. The summed E-state index contributed by atoms with van der Waals surface area (Å²) in [7, 11) is 0. The Morgan fingerprint density at radius 2 is 1.51 bits per heavy atom. The third-order valence-electron chi connectivity index (χ3n) is 6.28. The average Bonchev–Trinajstić information content (AvgIpc) is 2.80. The standard InChI is InChI=1S/C29H33ClN2O3/c1-7-25(23-13-18(4)27(30)19(5)14-23)32-24-10-8-9-21(15-24)22-11-16(2)26(17(3)12-22)28(33)31-20(6)29(34)35/h8-15,20,25,32H,7H2,1-6H3,(H,31,33)(H,34,35)/t20?,25-/m1/s1. The third-order valence-corrected chi connectivity index (χ3v) is 6.88. The number of amides is 1. The summed E-state index contributed by atoms with van der Waals surface area (Å²) < 4.78 is 0. The first-order valence-corrected chi connectivity index (χ1v) is 12.2. The summed E-state index contributed by atoms with van der Waals surface area (Å²) >= 11 is 6.37. The second-order valence-electron chi connectivity index (χ2n) is 9.17. The normalized spacial score (nSPS) is 12.7. The van der Waals surface area contributed by atoms with Gasteiger partial charge in [0.05, 0.1) is 6.04 Å². The summed E-state index contributed by atoms with van der Waals surface area (Å²) in [4.78, 5) is 23.8. The van der Waals surface area contributed by atoms with Gasteiger partial charge in [-0.15, -0.1) is 0 Å². The molecular formula is C29H33ClN2O3. The third kappa shape index (κ3) is 6.04. The lowest BCUT2D eigenvalue weighted by atomic mass is 9.94. The zero-order chi connectivity index (χ0) is 25.9. The van der Waals surface area contributed by atoms with Crippen molar-refractivity contribution >= 4 is 29.2 Å². The molecule has 1 unspecified atom stereocenters. The fourth-order valence-corrected chi connectivity index (χ4v) is 4.52. The highest BCUT2D eigenvalue weighted by Gasteiger charge is 2.19. The van der Waals surface area contributed by atoms with Gasteiger partial charge >= 0.3 is 5.97 Å².